The van der Waals surface area contributed by atoms with Crippen LogP contribution in [-0.4, -0.2) is 0 Å². The van der Waals surface area contributed by atoms with E-state index in [-0.39, 0.29) is 0 Å². The van der Waals surface area contributed by atoms with Crippen molar-refractivity contribution in [3.05, 3.63) is 210 Å². The van der Waals surface area contributed by atoms with Crippen LogP contribution < -0.4 is 4.90 Å². The van der Waals surface area contributed by atoms with Gasteiger partial charge in [-0.05, 0) is 75.8 Å². The molecule has 52 heavy (non-hydrogen) atoms. The molecular formula is C49H31NO2. The van der Waals surface area contributed by atoms with Crippen LogP contribution in [0.3, 0.4) is 0 Å². The van der Waals surface area contributed by atoms with Crippen molar-refractivity contribution in [2.24, 2.45) is 0 Å². The van der Waals surface area contributed by atoms with Crippen molar-refractivity contribution in [3.63, 3.8) is 0 Å². The highest BCUT2D eigenvalue weighted by atomic mass is 16.4. The van der Waals surface area contributed by atoms with Crippen molar-refractivity contribution in [1.82, 2.24) is 0 Å². The van der Waals surface area contributed by atoms with Crippen molar-refractivity contribution >= 4 is 60.9 Å². The molecule has 0 radical (unpaired) electrons. The number of anilines is 3. The maximum atomic E-state index is 6.70. The minimum atomic E-state index is -0.519. The van der Waals surface area contributed by atoms with E-state index in [1.165, 1.54) is 33.4 Å². The lowest BCUT2D eigenvalue weighted by Gasteiger charge is -2.35. The highest BCUT2D eigenvalue weighted by Crippen LogP contribution is 2.57. The summed E-state index contributed by atoms with van der Waals surface area (Å²) in [6.07, 6.45) is 0. The van der Waals surface area contributed by atoms with E-state index in [1.54, 1.807) is 0 Å². The number of nitrogens with zero attached hydrogens (tertiary/aromatic N) is 1. The molecule has 244 valence electrons. The minimum Gasteiger partial charge on any atom is -0.452 e. The number of para-hydroxylation sites is 3. The maximum Gasteiger partial charge on any atom is 0.180 e. The Kier molecular flexibility index (Phi) is 6.17. The molecule has 0 N–H and O–H groups in total. The molecule has 3 nitrogen and oxygen atoms in total. The summed E-state index contributed by atoms with van der Waals surface area (Å²) in [4.78, 5) is 2.40. The zero-order valence-corrected chi connectivity index (χ0v) is 28.2. The van der Waals surface area contributed by atoms with E-state index in [0.717, 1.165) is 60.9 Å². The SMILES string of the molecule is c1ccc(N(c2ccc3c(c2)C(c2ccccc2)(c2ccccc2)c2ccccc2-3)c2cc3c4ccccc4oc3c3oc4ccccc4c23)cc1. The van der Waals surface area contributed by atoms with Gasteiger partial charge in [-0.1, -0.05) is 146 Å². The van der Waals surface area contributed by atoms with Gasteiger partial charge in [0.15, 0.2) is 11.2 Å². The summed E-state index contributed by atoms with van der Waals surface area (Å²) >= 11 is 0. The molecule has 0 amide bonds. The van der Waals surface area contributed by atoms with Gasteiger partial charge in [-0.2, -0.15) is 0 Å². The minimum absolute atomic E-state index is 0.519. The van der Waals surface area contributed by atoms with Gasteiger partial charge in [0.2, 0.25) is 0 Å². The second-order valence-corrected chi connectivity index (χ2v) is 13.6. The van der Waals surface area contributed by atoms with Crippen LogP contribution >= 0.6 is 0 Å². The van der Waals surface area contributed by atoms with Gasteiger partial charge in [0.25, 0.3) is 0 Å². The average molecular weight is 666 g/mol. The zero-order valence-electron chi connectivity index (χ0n) is 28.2. The molecule has 10 aromatic rings. The van der Waals surface area contributed by atoms with Crippen molar-refractivity contribution < 1.29 is 8.83 Å². The highest BCUT2D eigenvalue weighted by Gasteiger charge is 2.46. The molecule has 1 aliphatic carbocycles. The lowest BCUT2D eigenvalue weighted by Crippen LogP contribution is -2.28. The molecule has 0 atom stereocenters. The third kappa shape index (κ3) is 3.96. The maximum absolute atomic E-state index is 6.70. The monoisotopic (exact) mass is 665 g/mol. The number of benzene rings is 8. The van der Waals surface area contributed by atoms with Crippen LogP contribution in [-0.2, 0) is 5.41 Å². The lowest BCUT2D eigenvalue weighted by atomic mass is 9.67. The van der Waals surface area contributed by atoms with E-state index in [2.05, 4.69) is 169 Å². The van der Waals surface area contributed by atoms with Gasteiger partial charge >= 0.3 is 0 Å². The topological polar surface area (TPSA) is 29.5 Å². The number of hydrogen-bond acceptors (Lipinski definition) is 3. The van der Waals surface area contributed by atoms with Crippen LogP contribution in [0.25, 0.3) is 55.0 Å². The molecular weight excluding hydrogens is 635 g/mol. The van der Waals surface area contributed by atoms with Crippen LogP contribution in [0.4, 0.5) is 17.1 Å². The fourth-order valence-electron chi connectivity index (χ4n) is 8.80. The first-order valence-corrected chi connectivity index (χ1v) is 17.8. The van der Waals surface area contributed by atoms with Crippen molar-refractivity contribution in [1.29, 1.82) is 0 Å². The Labute approximate surface area is 300 Å². The molecule has 3 heteroatoms. The van der Waals surface area contributed by atoms with Gasteiger partial charge in [0.05, 0.1) is 16.5 Å². The Hall–Kier alpha value is -6.84. The number of fused-ring (bicyclic) bond motifs is 10. The first-order chi connectivity index (χ1) is 25.8. The van der Waals surface area contributed by atoms with E-state index < -0.39 is 5.41 Å². The predicted molar refractivity (Wildman–Crippen MR) is 213 cm³/mol. The normalized spacial score (nSPS) is 13.2. The Morgan fingerprint density at radius 2 is 0.942 bits per heavy atom. The van der Waals surface area contributed by atoms with Gasteiger partial charge in [0, 0.05) is 27.5 Å². The van der Waals surface area contributed by atoms with E-state index in [9.17, 15) is 0 Å². The van der Waals surface area contributed by atoms with E-state index >= 15 is 0 Å². The summed E-state index contributed by atoms with van der Waals surface area (Å²) in [7, 11) is 0. The van der Waals surface area contributed by atoms with Crippen molar-refractivity contribution in [2.75, 3.05) is 4.90 Å². The Morgan fingerprint density at radius 1 is 0.385 bits per heavy atom. The zero-order chi connectivity index (χ0) is 34.2. The molecule has 0 fully saturated rings. The Morgan fingerprint density at radius 3 is 1.67 bits per heavy atom. The second-order valence-electron chi connectivity index (χ2n) is 13.6. The van der Waals surface area contributed by atoms with Gasteiger partial charge in [-0.15, -0.1) is 0 Å². The summed E-state index contributed by atoms with van der Waals surface area (Å²) in [6, 6.07) is 67.4. The highest BCUT2D eigenvalue weighted by molar-refractivity contribution is 6.24. The van der Waals surface area contributed by atoms with Crippen molar-refractivity contribution in [2.45, 2.75) is 5.41 Å². The number of furan rings is 2. The summed E-state index contributed by atoms with van der Waals surface area (Å²) in [5, 5.41) is 4.15. The molecule has 0 saturated heterocycles. The Bertz CT molecular complexity index is 2920. The van der Waals surface area contributed by atoms with Crippen LogP contribution in [0.2, 0.25) is 0 Å². The molecule has 11 rings (SSSR count). The average Bonchev–Trinajstić information content (AvgIpc) is 3.88. The van der Waals surface area contributed by atoms with E-state index in [0.29, 0.717) is 0 Å². The molecule has 8 aromatic carbocycles. The van der Waals surface area contributed by atoms with E-state index in [1.807, 2.05) is 24.3 Å². The smallest absolute Gasteiger partial charge is 0.180 e. The standard InChI is InChI=1S/C49H31NO2/c1-4-16-32(17-5-1)49(33-18-6-2-7-19-33)41-25-13-10-22-36(41)37-29-28-35(30-42(37)49)50(34-20-8-3-9-21-34)43-31-40-38-23-11-14-26-44(38)51-47(40)48-46(43)39-24-12-15-27-45(39)52-48/h1-31H. The largest absolute Gasteiger partial charge is 0.452 e. The molecule has 1 aliphatic rings. The van der Waals surface area contributed by atoms with Gasteiger partial charge < -0.3 is 13.7 Å². The third-order valence-corrected chi connectivity index (χ3v) is 10.9. The fraction of sp³-hybridized carbons (Fsp3) is 0.0204. The predicted octanol–water partition coefficient (Wildman–Crippen LogP) is 13.3. The fourth-order valence-corrected chi connectivity index (χ4v) is 8.80. The molecule has 2 heterocycles. The van der Waals surface area contributed by atoms with Crippen LogP contribution in [0.5, 0.6) is 0 Å². The second kappa shape index (κ2) is 11.1. The van der Waals surface area contributed by atoms with Crippen LogP contribution in [0.15, 0.2) is 197 Å². The molecule has 0 bridgehead atoms. The quantitative estimate of drug-likeness (QED) is 0.183. The van der Waals surface area contributed by atoms with Crippen molar-refractivity contribution in [3.8, 4) is 11.1 Å². The summed E-state index contributed by atoms with van der Waals surface area (Å²) < 4.78 is 13.3. The summed E-state index contributed by atoms with van der Waals surface area (Å²) in [5.74, 6) is 0. The number of hydrogen-bond donors (Lipinski definition) is 0. The first-order valence-electron chi connectivity index (χ1n) is 17.8. The van der Waals surface area contributed by atoms with Gasteiger partial charge in [-0.3, -0.25) is 0 Å². The molecule has 2 aromatic heterocycles. The lowest BCUT2D eigenvalue weighted by molar-refractivity contribution is 0.633. The Balaban J connectivity index is 1.26. The van der Waals surface area contributed by atoms with Gasteiger partial charge in [0.1, 0.15) is 11.2 Å². The number of rotatable bonds is 5. The first kappa shape index (κ1) is 28.9. The van der Waals surface area contributed by atoms with E-state index in [4.69, 9.17) is 8.83 Å². The molecule has 0 saturated carbocycles. The van der Waals surface area contributed by atoms with Crippen LogP contribution in [0.1, 0.15) is 22.3 Å². The van der Waals surface area contributed by atoms with Crippen LogP contribution in [0, 0.1) is 0 Å². The third-order valence-electron chi connectivity index (χ3n) is 10.9. The van der Waals surface area contributed by atoms with Gasteiger partial charge in [-0.25, -0.2) is 0 Å². The summed E-state index contributed by atoms with van der Waals surface area (Å²) in [5.41, 5.74) is 13.4. The molecule has 0 aliphatic heterocycles. The summed E-state index contributed by atoms with van der Waals surface area (Å²) in [6.45, 7) is 0. The molecule has 0 unspecified atom stereocenters. The molecule has 0 spiro atoms.